The van der Waals surface area contributed by atoms with Crippen LogP contribution in [0.2, 0.25) is 0 Å². The van der Waals surface area contributed by atoms with E-state index in [1.807, 2.05) is 23.1 Å². The van der Waals surface area contributed by atoms with E-state index < -0.39 is 0 Å². The second kappa shape index (κ2) is 4.35. The zero-order chi connectivity index (χ0) is 12.9. The molecule has 0 atom stereocenters. The molecule has 0 bridgehead atoms. The number of aryl methyl sites for hydroxylation is 2. The highest BCUT2D eigenvalue weighted by Crippen LogP contribution is 2.47. The van der Waals surface area contributed by atoms with Gasteiger partial charge in [0, 0.05) is 16.2 Å². The van der Waals surface area contributed by atoms with Crippen LogP contribution in [0, 0.1) is 0 Å². The van der Waals surface area contributed by atoms with E-state index in [9.17, 15) is 0 Å². The van der Waals surface area contributed by atoms with E-state index in [4.69, 9.17) is 0 Å². The minimum Gasteiger partial charge on any atom is -0.368 e. The number of anilines is 1. The van der Waals surface area contributed by atoms with Crippen molar-refractivity contribution in [2.45, 2.75) is 36.9 Å². The van der Waals surface area contributed by atoms with Crippen LogP contribution in [-0.4, -0.2) is 27.5 Å². The summed E-state index contributed by atoms with van der Waals surface area (Å²) in [6, 6.07) is 0. The molecule has 0 spiro atoms. The summed E-state index contributed by atoms with van der Waals surface area (Å²) in [5.41, 5.74) is 1.51. The van der Waals surface area contributed by atoms with E-state index in [0.717, 1.165) is 17.2 Å². The molecule has 2 aromatic heterocycles. The van der Waals surface area contributed by atoms with Crippen molar-refractivity contribution < 1.29 is 0 Å². The van der Waals surface area contributed by atoms with Crippen LogP contribution < -0.4 is 5.32 Å². The van der Waals surface area contributed by atoms with Crippen molar-refractivity contribution in [2.24, 2.45) is 0 Å². The number of thioether (sulfide) groups is 1. The molecule has 4 rings (SSSR count). The predicted molar refractivity (Wildman–Crippen MR) is 83.4 cm³/mol. The van der Waals surface area contributed by atoms with Gasteiger partial charge < -0.3 is 5.32 Å². The number of thiophene rings is 1. The van der Waals surface area contributed by atoms with Crippen LogP contribution in [0.25, 0.3) is 10.2 Å². The third-order valence-corrected chi connectivity index (χ3v) is 6.94. The Morgan fingerprint density at radius 1 is 1.37 bits per heavy atom. The van der Waals surface area contributed by atoms with Gasteiger partial charge in [0.25, 0.3) is 0 Å². The third-order valence-electron chi connectivity index (χ3n) is 4.32. The first-order chi connectivity index (χ1) is 9.31. The Balaban J connectivity index is 1.69. The molecule has 1 saturated carbocycles. The molecule has 1 N–H and O–H groups in total. The minimum atomic E-state index is 0.469. The zero-order valence-corrected chi connectivity index (χ0v) is 12.7. The fraction of sp³-hybridized carbons (Fsp3) is 0.571. The molecule has 100 valence electrons. The quantitative estimate of drug-likeness (QED) is 0.936. The topological polar surface area (TPSA) is 37.8 Å². The molecule has 2 aliphatic carbocycles. The molecule has 2 aromatic rings. The zero-order valence-electron chi connectivity index (χ0n) is 11.0. The van der Waals surface area contributed by atoms with E-state index in [1.165, 1.54) is 47.9 Å². The molecule has 0 aliphatic heterocycles. The maximum atomic E-state index is 4.50. The molecule has 0 saturated heterocycles. The summed E-state index contributed by atoms with van der Waals surface area (Å²) in [5, 5.41) is 4.89. The molecule has 3 nitrogen and oxygen atoms in total. The van der Waals surface area contributed by atoms with Crippen LogP contribution in [0.1, 0.15) is 29.7 Å². The Labute approximate surface area is 121 Å². The molecule has 0 unspecified atom stereocenters. The van der Waals surface area contributed by atoms with Crippen LogP contribution in [0.5, 0.6) is 0 Å². The summed E-state index contributed by atoms with van der Waals surface area (Å²) in [7, 11) is 0. The van der Waals surface area contributed by atoms with E-state index in [1.54, 1.807) is 6.33 Å². The Morgan fingerprint density at radius 3 is 3.05 bits per heavy atom. The first kappa shape index (κ1) is 12.0. The number of aromatic nitrogens is 2. The lowest BCUT2D eigenvalue weighted by Crippen LogP contribution is -2.18. The van der Waals surface area contributed by atoms with Gasteiger partial charge in [-0.05, 0) is 43.9 Å². The minimum absolute atomic E-state index is 0.469. The van der Waals surface area contributed by atoms with Gasteiger partial charge in [0.05, 0.1) is 5.39 Å². The molecular weight excluding hydrogens is 274 g/mol. The van der Waals surface area contributed by atoms with E-state index >= 15 is 0 Å². The number of hydrogen-bond donors (Lipinski definition) is 1. The Bertz CT molecular complexity index is 631. The Kier molecular flexibility index (Phi) is 2.74. The first-order valence-electron chi connectivity index (χ1n) is 6.86. The molecule has 5 heteroatoms. The SMILES string of the molecule is CSC1(CNc2ncnc3sc4c(c23)CCC4)CC1. The smallest absolute Gasteiger partial charge is 0.138 e. The van der Waals surface area contributed by atoms with Gasteiger partial charge in [0.1, 0.15) is 17.0 Å². The fourth-order valence-electron chi connectivity index (χ4n) is 2.90. The van der Waals surface area contributed by atoms with E-state index in [0.29, 0.717) is 4.75 Å². The highest BCUT2D eigenvalue weighted by atomic mass is 32.2. The largest absolute Gasteiger partial charge is 0.368 e. The molecule has 0 aromatic carbocycles. The molecule has 19 heavy (non-hydrogen) atoms. The van der Waals surface area contributed by atoms with Crippen LogP contribution in [-0.2, 0) is 12.8 Å². The second-order valence-corrected chi connectivity index (χ2v) is 7.86. The number of rotatable bonds is 4. The average Bonchev–Trinajstić information content (AvgIpc) is 2.92. The van der Waals surface area contributed by atoms with Gasteiger partial charge in [-0.25, -0.2) is 9.97 Å². The van der Waals surface area contributed by atoms with Gasteiger partial charge in [-0.1, -0.05) is 0 Å². The second-order valence-electron chi connectivity index (χ2n) is 5.50. The van der Waals surface area contributed by atoms with Gasteiger partial charge in [0.15, 0.2) is 0 Å². The number of hydrogen-bond acceptors (Lipinski definition) is 5. The van der Waals surface area contributed by atoms with Crippen molar-refractivity contribution in [3.05, 3.63) is 16.8 Å². The normalized spacial score (nSPS) is 19.6. The lowest BCUT2D eigenvalue weighted by Gasteiger charge is -2.14. The maximum absolute atomic E-state index is 4.50. The molecule has 0 amide bonds. The highest BCUT2D eigenvalue weighted by Gasteiger charge is 2.41. The van der Waals surface area contributed by atoms with Crippen molar-refractivity contribution in [3.63, 3.8) is 0 Å². The van der Waals surface area contributed by atoms with Crippen molar-refractivity contribution >= 4 is 39.1 Å². The molecule has 1 fully saturated rings. The summed E-state index contributed by atoms with van der Waals surface area (Å²) in [6.45, 7) is 1.03. The fourth-order valence-corrected chi connectivity index (χ4v) is 4.86. The summed E-state index contributed by atoms with van der Waals surface area (Å²) in [6.07, 6.45) is 10.3. The monoisotopic (exact) mass is 291 g/mol. The van der Waals surface area contributed by atoms with Gasteiger partial charge >= 0.3 is 0 Å². The van der Waals surface area contributed by atoms with Gasteiger partial charge in [-0.15, -0.1) is 11.3 Å². The third kappa shape index (κ3) is 1.94. The number of nitrogens with zero attached hydrogens (tertiary/aromatic N) is 2. The van der Waals surface area contributed by atoms with E-state index in [2.05, 4.69) is 21.5 Å². The van der Waals surface area contributed by atoms with Crippen LogP contribution in [0.15, 0.2) is 6.33 Å². The predicted octanol–water partition coefficient (Wildman–Crippen LogP) is 3.49. The number of fused-ring (bicyclic) bond motifs is 3. The van der Waals surface area contributed by atoms with Crippen LogP contribution in [0.4, 0.5) is 5.82 Å². The molecular formula is C14H17N3S2. The highest BCUT2D eigenvalue weighted by molar-refractivity contribution is 8.00. The summed E-state index contributed by atoms with van der Waals surface area (Å²) in [4.78, 5) is 11.6. The van der Waals surface area contributed by atoms with E-state index in [-0.39, 0.29) is 0 Å². The van der Waals surface area contributed by atoms with Crippen LogP contribution >= 0.6 is 23.1 Å². The lowest BCUT2D eigenvalue weighted by molar-refractivity contribution is 0.915. The van der Waals surface area contributed by atoms with Crippen molar-refractivity contribution in [1.29, 1.82) is 0 Å². The van der Waals surface area contributed by atoms with Crippen molar-refractivity contribution in [1.82, 2.24) is 9.97 Å². The Hall–Kier alpha value is -0.810. The summed E-state index contributed by atoms with van der Waals surface area (Å²) in [5.74, 6) is 1.06. The average molecular weight is 291 g/mol. The van der Waals surface area contributed by atoms with Gasteiger partial charge in [0.2, 0.25) is 0 Å². The van der Waals surface area contributed by atoms with Gasteiger partial charge in [-0.3, -0.25) is 0 Å². The standard InChI is InChI=1S/C14H17N3S2/c1-18-14(5-6-14)7-15-12-11-9-3-2-4-10(9)19-13(11)17-8-16-12/h8H,2-7H2,1H3,(H,15,16,17). The maximum Gasteiger partial charge on any atom is 0.138 e. The summed E-state index contributed by atoms with van der Waals surface area (Å²) < 4.78 is 0.469. The first-order valence-corrected chi connectivity index (χ1v) is 8.90. The lowest BCUT2D eigenvalue weighted by atomic mass is 10.2. The molecule has 2 aliphatic rings. The summed E-state index contributed by atoms with van der Waals surface area (Å²) >= 11 is 3.85. The van der Waals surface area contributed by atoms with Crippen molar-refractivity contribution in [2.75, 3.05) is 18.1 Å². The molecule has 2 heterocycles. The van der Waals surface area contributed by atoms with Crippen molar-refractivity contribution in [3.8, 4) is 0 Å². The number of nitrogens with one attached hydrogen (secondary N) is 1. The van der Waals surface area contributed by atoms with Crippen LogP contribution in [0.3, 0.4) is 0 Å². The molecule has 0 radical (unpaired) electrons. The van der Waals surface area contributed by atoms with Gasteiger partial charge in [-0.2, -0.15) is 11.8 Å². The Morgan fingerprint density at radius 2 is 2.26 bits per heavy atom.